The molecule has 0 bridgehead atoms. The van der Waals surface area contributed by atoms with Crippen LogP contribution in [0.3, 0.4) is 0 Å². The second kappa shape index (κ2) is 3.94. The normalized spacial score (nSPS) is 18.1. The molecular formula is C11H10F2INO. The standard InChI is InChI=1S/C11H10F2INO/c1-7-3-2-4-8(9(7)14)10(16)15-5-11(12,13)6-15/h2-4H,5-6H2,1H3. The third-order valence-electron chi connectivity index (χ3n) is 2.55. The average Bonchev–Trinajstić information content (AvgIpc) is 2.17. The van der Waals surface area contributed by atoms with Crippen LogP contribution in [0.5, 0.6) is 0 Å². The minimum absolute atomic E-state index is 0.306. The highest BCUT2D eigenvalue weighted by molar-refractivity contribution is 14.1. The molecule has 0 unspecified atom stereocenters. The Morgan fingerprint density at radius 3 is 2.62 bits per heavy atom. The van der Waals surface area contributed by atoms with Gasteiger partial charge in [0.2, 0.25) is 0 Å². The molecule has 0 saturated carbocycles. The van der Waals surface area contributed by atoms with Gasteiger partial charge in [-0.1, -0.05) is 12.1 Å². The van der Waals surface area contributed by atoms with E-state index in [0.717, 1.165) is 9.13 Å². The van der Waals surface area contributed by atoms with Gasteiger partial charge in [0, 0.05) is 3.57 Å². The van der Waals surface area contributed by atoms with E-state index in [4.69, 9.17) is 0 Å². The maximum Gasteiger partial charge on any atom is 0.282 e. The fourth-order valence-corrected chi connectivity index (χ4v) is 2.23. The van der Waals surface area contributed by atoms with Gasteiger partial charge in [0.05, 0.1) is 18.7 Å². The number of amides is 1. The van der Waals surface area contributed by atoms with E-state index in [0.29, 0.717) is 5.56 Å². The number of aryl methyl sites for hydroxylation is 1. The van der Waals surface area contributed by atoms with Crippen molar-refractivity contribution in [2.45, 2.75) is 12.8 Å². The van der Waals surface area contributed by atoms with Crippen molar-refractivity contribution in [2.24, 2.45) is 0 Å². The summed E-state index contributed by atoms with van der Waals surface area (Å²) < 4.78 is 26.1. The highest BCUT2D eigenvalue weighted by atomic mass is 127. The third kappa shape index (κ3) is 2.05. The number of hydrogen-bond acceptors (Lipinski definition) is 1. The van der Waals surface area contributed by atoms with Crippen molar-refractivity contribution in [1.29, 1.82) is 0 Å². The molecule has 2 nitrogen and oxygen atoms in total. The summed E-state index contributed by atoms with van der Waals surface area (Å²) in [5.74, 6) is -3.01. The number of benzene rings is 1. The second-order valence-corrected chi connectivity index (χ2v) is 5.03. The zero-order chi connectivity index (χ0) is 11.9. The van der Waals surface area contributed by atoms with Crippen LogP contribution < -0.4 is 0 Å². The lowest BCUT2D eigenvalue weighted by Crippen LogP contribution is -2.58. The summed E-state index contributed by atoms with van der Waals surface area (Å²) in [4.78, 5) is 13.1. The van der Waals surface area contributed by atoms with Crippen molar-refractivity contribution < 1.29 is 13.6 Å². The molecule has 0 atom stereocenters. The molecule has 0 aliphatic carbocycles. The molecule has 0 radical (unpaired) electrons. The largest absolute Gasteiger partial charge is 0.326 e. The van der Waals surface area contributed by atoms with Crippen molar-refractivity contribution in [1.82, 2.24) is 4.90 Å². The Kier molecular flexibility index (Phi) is 2.90. The molecule has 1 amide bonds. The molecule has 5 heteroatoms. The van der Waals surface area contributed by atoms with Crippen LogP contribution in [0.15, 0.2) is 18.2 Å². The van der Waals surface area contributed by atoms with E-state index in [-0.39, 0.29) is 5.91 Å². The molecule has 16 heavy (non-hydrogen) atoms. The zero-order valence-electron chi connectivity index (χ0n) is 8.64. The van der Waals surface area contributed by atoms with E-state index in [1.807, 2.05) is 13.0 Å². The quantitative estimate of drug-likeness (QED) is 0.722. The van der Waals surface area contributed by atoms with E-state index < -0.39 is 19.0 Å². The van der Waals surface area contributed by atoms with Gasteiger partial charge in [-0.05, 0) is 41.1 Å². The molecule has 0 N–H and O–H groups in total. The first-order valence-electron chi connectivity index (χ1n) is 4.83. The smallest absolute Gasteiger partial charge is 0.282 e. The van der Waals surface area contributed by atoms with E-state index >= 15 is 0 Å². The van der Waals surface area contributed by atoms with E-state index in [2.05, 4.69) is 22.6 Å². The maximum atomic E-state index is 12.6. The molecule has 1 heterocycles. The fraction of sp³-hybridized carbons (Fsp3) is 0.364. The molecule has 2 rings (SSSR count). The van der Waals surface area contributed by atoms with Crippen LogP contribution in [0.25, 0.3) is 0 Å². The Balaban J connectivity index is 2.20. The molecule has 1 aromatic rings. The summed E-state index contributed by atoms with van der Waals surface area (Å²) in [5, 5.41) is 0. The molecule has 1 aliphatic rings. The van der Waals surface area contributed by atoms with Gasteiger partial charge in [-0.3, -0.25) is 4.79 Å². The fourth-order valence-electron chi connectivity index (χ4n) is 1.64. The lowest BCUT2D eigenvalue weighted by molar-refractivity contribution is -0.113. The lowest BCUT2D eigenvalue weighted by atomic mass is 10.1. The molecule has 1 fully saturated rings. The number of nitrogens with zero attached hydrogens (tertiary/aromatic N) is 1. The van der Waals surface area contributed by atoms with Crippen LogP contribution in [-0.2, 0) is 0 Å². The van der Waals surface area contributed by atoms with Crippen LogP contribution in [-0.4, -0.2) is 29.8 Å². The molecule has 0 aromatic heterocycles. The van der Waals surface area contributed by atoms with E-state index in [1.165, 1.54) is 4.90 Å². The summed E-state index contributed by atoms with van der Waals surface area (Å²) in [6.07, 6.45) is 0. The Morgan fingerprint density at radius 2 is 2.06 bits per heavy atom. The number of carbonyl (C=O) groups excluding carboxylic acids is 1. The Morgan fingerprint density at radius 1 is 1.44 bits per heavy atom. The highest BCUT2D eigenvalue weighted by Gasteiger charge is 2.46. The van der Waals surface area contributed by atoms with Gasteiger partial charge in [0.1, 0.15) is 0 Å². The van der Waals surface area contributed by atoms with Crippen LogP contribution in [0.4, 0.5) is 8.78 Å². The van der Waals surface area contributed by atoms with Crippen LogP contribution in [0.1, 0.15) is 15.9 Å². The van der Waals surface area contributed by atoms with Gasteiger partial charge in [0.15, 0.2) is 0 Å². The minimum Gasteiger partial charge on any atom is -0.326 e. The number of alkyl halides is 2. The predicted molar refractivity (Wildman–Crippen MR) is 64.7 cm³/mol. The summed E-state index contributed by atoms with van der Waals surface area (Å²) in [6, 6.07) is 5.33. The van der Waals surface area contributed by atoms with Gasteiger partial charge in [-0.25, -0.2) is 8.78 Å². The highest BCUT2D eigenvalue weighted by Crippen LogP contribution is 2.29. The van der Waals surface area contributed by atoms with Gasteiger partial charge < -0.3 is 4.90 Å². The van der Waals surface area contributed by atoms with Crippen molar-refractivity contribution in [3.63, 3.8) is 0 Å². The zero-order valence-corrected chi connectivity index (χ0v) is 10.8. The molecule has 1 aromatic carbocycles. The van der Waals surface area contributed by atoms with Gasteiger partial charge in [-0.2, -0.15) is 0 Å². The lowest BCUT2D eigenvalue weighted by Gasteiger charge is -2.38. The second-order valence-electron chi connectivity index (χ2n) is 3.95. The van der Waals surface area contributed by atoms with E-state index in [9.17, 15) is 13.6 Å². The number of halogens is 3. The average molecular weight is 337 g/mol. The number of likely N-dealkylation sites (tertiary alicyclic amines) is 1. The third-order valence-corrected chi connectivity index (χ3v) is 3.99. The molecule has 1 saturated heterocycles. The summed E-state index contributed by atoms with van der Waals surface area (Å²) in [6.45, 7) is 0.967. The Hall–Kier alpha value is -0.720. The van der Waals surface area contributed by atoms with Crippen LogP contribution in [0.2, 0.25) is 0 Å². The van der Waals surface area contributed by atoms with Crippen molar-refractivity contribution in [3.05, 3.63) is 32.9 Å². The number of hydrogen-bond donors (Lipinski definition) is 0. The van der Waals surface area contributed by atoms with Crippen molar-refractivity contribution >= 4 is 28.5 Å². The maximum absolute atomic E-state index is 12.6. The van der Waals surface area contributed by atoms with Crippen molar-refractivity contribution in [3.8, 4) is 0 Å². The molecule has 1 aliphatic heterocycles. The first-order chi connectivity index (χ1) is 7.41. The SMILES string of the molecule is Cc1cccc(C(=O)N2CC(F)(F)C2)c1I. The molecule has 0 spiro atoms. The first-order valence-corrected chi connectivity index (χ1v) is 5.91. The molecule has 86 valence electrons. The minimum atomic E-state index is -2.70. The summed E-state index contributed by atoms with van der Waals surface area (Å²) in [5.41, 5.74) is 1.50. The van der Waals surface area contributed by atoms with Gasteiger partial charge in [-0.15, -0.1) is 0 Å². The van der Waals surface area contributed by atoms with E-state index in [1.54, 1.807) is 12.1 Å². The number of carbonyl (C=O) groups is 1. The van der Waals surface area contributed by atoms with Gasteiger partial charge >= 0.3 is 0 Å². The summed E-state index contributed by atoms with van der Waals surface area (Å²) >= 11 is 2.07. The van der Waals surface area contributed by atoms with Crippen LogP contribution >= 0.6 is 22.6 Å². The van der Waals surface area contributed by atoms with Gasteiger partial charge in [0.25, 0.3) is 11.8 Å². The van der Waals surface area contributed by atoms with Crippen molar-refractivity contribution in [2.75, 3.05) is 13.1 Å². The molecular weight excluding hydrogens is 327 g/mol. The monoisotopic (exact) mass is 337 g/mol. The van der Waals surface area contributed by atoms with Crippen LogP contribution in [0, 0.1) is 10.5 Å². The summed E-state index contributed by atoms with van der Waals surface area (Å²) in [7, 11) is 0. The Bertz CT molecular complexity index is 440. The first kappa shape index (κ1) is 11.8. The number of rotatable bonds is 1. The predicted octanol–water partition coefficient (Wildman–Crippen LogP) is 2.69. The topological polar surface area (TPSA) is 20.3 Å². The Labute approximate surface area is 106 Å².